The maximum Gasteiger partial charge on any atom is 0.326 e. The van der Waals surface area contributed by atoms with Gasteiger partial charge in [0, 0.05) is 22.5 Å². The third kappa shape index (κ3) is 6.01. The molecule has 0 aliphatic heterocycles. The van der Waals surface area contributed by atoms with Crippen molar-refractivity contribution in [2.45, 2.75) is 19.0 Å². The largest absolute Gasteiger partial charge is 0.480 e. The number of carbonyl (C=O) groups is 2. The van der Waals surface area contributed by atoms with Gasteiger partial charge in [-0.2, -0.15) is 0 Å². The summed E-state index contributed by atoms with van der Waals surface area (Å²) >= 11 is 21.9. The van der Waals surface area contributed by atoms with Crippen LogP contribution in [-0.2, 0) is 17.8 Å². The predicted octanol–water partition coefficient (Wildman–Crippen LogP) is 6.75. The van der Waals surface area contributed by atoms with Crippen molar-refractivity contribution in [3.05, 3.63) is 103 Å². The summed E-state index contributed by atoms with van der Waals surface area (Å²) in [6, 6.07) is 18.1. The number of hydrogen-bond acceptors (Lipinski definition) is 2. The third-order valence-corrected chi connectivity index (χ3v) is 5.96. The van der Waals surface area contributed by atoms with Crippen molar-refractivity contribution in [2.24, 2.45) is 0 Å². The lowest BCUT2D eigenvalue weighted by molar-refractivity contribution is -0.142. The normalized spacial score (nSPS) is 11.7. The third-order valence-electron chi connectivity index (χ3n) is 4.66. The van der Waals surface area contributed by atoms with Gasteiger partial charge in [-0.3, -0.25) is 4.79 Å². The number of nitrogens with zero attached hydrogens (tertiary/aromatic N) is 1. The van der Waals surface area contributed by atoms with Crippen molar-refractivity contribution in [2.75, 3.05) is 0 Å². The van der Waals surface area contributed by atoms with Crippen molar-refractivity contribution < 1.29 is 14.7 Å². The molecule has 3 rings (SSSR count). The van der Waals surface area contributed by atoms with Crippen LogP contribution < -0.4 is 0 Å². The van der Waals surface area contributed by atoms with Gasteiger partial charge < -0.3 is 10.0 Å². The Morgan fingerprint density at radius 2 is 1.52 bits per heavy atom. The summed E-state index contributed by atoms with van der Waals surface area (Å²) in [6.07, 6.45) is 0.124. The first-order chi connectivity index (χ1) is 14.8. The zero-order valence-electron chi connectivity index (χ0n) is 16.1. The number of halogens is 4. The van der Waals surface area contributed by atoms with Crippen LogP contribution in [0.15, 0.2) is 71.2 Å². The average Bonchev–Trinajstić information content (AvgIpc) is 2.70. The number of aliphatic carboxylic acids is 1. The molecule has 1 N–H and O–H groups in total. The van der Waals surface area contributed by atoms with Gasteiger partial charge in [0.15, 0.2) is 0 Å². The molecule has 1 amide bonds. The molecule has 3 aromatic rings. The summed E-state index contributed by atoms with van der Waals surface area (Å²) in [5, 5.41) is 10.4. The maximum atomic E-state index is 13.6. The highest BCUT2D eigenvalue weighted by atomic mass is 79.9. The van der Waals surface area contributed by atoms with Crippen molar-refractivity contribution in [3.8, 4) is 0 Å². The van der Waals surface area contributed by atoms with Crippen molar-refractivity contribution in [3.63, 3.8) is 0 Å². The first-order valence-electron chi connectivity index (χ1n) is 9.23. The van der Waals surface area contributed by atoms with Crippen LogP contribution in [0.1, 0.15) is 21.5 Å². The second-order valence-corrected chi connectivity index (χ2v) is 9.02. The van der Waals surface area contributed by atoms with E-state index in [1.165, 1.54) is 17.0 Å². The van der Waals surface area contributed by atoms with Crippen LogP contribution in [0.4, 0.5) is 0 Å². The number of carboxylic acids is 1. The summed E-state index contributed by atoms with van der Waals surface area (Å²) < 4.78 is 0.815. The molecule has 160 valence electrons. The van der Waals surface area contributed by atoms with Crippen LogP contribution in [0.5, 0.6) is 0 Å². The summed E-state index contributed by atoms with van der Waals surface area (Å²) in [5.41, 5.74) is 1.56. The molecule has 0 aromatic heterocycles. The molecule has 0 unspecified atom stereocenters. The van der Waals surface area contributed by atoms with E-state index in [4.69, 9.17) is 34.8 Å². The first kappa shape index (κ1) is 23.6. The molecule has 0 fully saturated rings. The molecule has 0 bridgehead atoms. The van der Waals surface area contributed by atoms with E-state index in [2.05, 4.69) is 15.9 Å². The van der Waals surface area contributed by atoms with Crippen LogP contribution in [0.25, 0.3) is 0 Å². The first-order valence-corrected chi connectivity index (χ1v) is 11.2. The molecule has 31 heavy (non-hydrogen) atoms. The van der Waals surface area contributed by atoms with Crippen LogP contribution in [0, 0.1) is 0 Å². The summed E-state index contributed by atoms with van der Waals surface area (Å²) in [4.78, 5) is 27.1. The molecule has 0 saturated carbocycles. The van der Waals surface area contributed by atoms with E-state index in [0.717, 1.165) is 15.6 Å². The SMILES string of the molecule is O=C(O)[C@H](Cc1ccccc1)N(Cc1cccc(Br)c1)C(=O)c1c(Cl)cc(Cl)cc1Cl. The van der Waals surface area contributed by atoms with Gasteiger partial charge in [-0.15, -0.1) is 0 Å². The molecule has 4 nitrogen and oxygen atoms in total. The van der Waals surface area contributed by atoms with Crippen molar-refractivity contribution in [1.29, 1.82) is 0 Å². The zero-order valence-corrected chi connectivity index (χ0v) is 19.9. The van der Waals surface area contributed by atoms with Gasteiger partial charge in [-0.05, 0) is 35.4 Å². The van der Waals surface area contributed by atoms with Gasteiger partial charge in [0.25, 0.3) is 5.91 Å². The number of benzene rings is 3. The summed E-state index contributed by atoms with van der Waals surface area (Å²) in [5.74, 6) is -1.72. The topological polar surface area (TPSA) is 57.6 Å². The fraction of sp³-hybridized carbons (Fsp3) is 0.130. The molecule has 3 aromatic carbocycles. The Labute approximate surface area is 203 Å². The van der Waals surface area contributed by atoms with E-state index in [-0.39, 0.29) is 33.6 Å². The van der Waals surface area contributed by atoms with E-state index in [9.17, 15) is 14.7 Å². The van der Waals surface area contributed by atoms with Crippen molar-refractivity contribution in [1.82, 2.24) is 4.90 Å². The molecule has 0 heterocycles. The maximum absolute atomic E-state index is 13.6. The lowest BCUT2D eigenvalue weighted by Crippen LogP contribution is -2.46. The van der Waals surface area contributed by atoms with Gasteiger partial charge in [0.1, 0.15) is 6.04 Å². The second kappa shape index (κ2) is 10.5. The Hall–Kier alpha value is -2.05. The lowest BCUT2D eigenvalue weighted by Gasteiger charge is -2.30. The standard InChI is InChI=1S/C23H17BrCl3NO3/c24-16-8-4-7-15(9-16)13-28(20(23(30)31)10-14-5-2-1-3-6-14)22(29)21-18(26)11-17(25)12-19(21)27/h1-9,11-12,20H,10,13H2,(H,30,31)/t20-/m0/s1. The monoisotopic (exact) mass is 539 g/mol. The van der Waals surface area contributed by atoms with Crippen LogP contribution >= 0.6 is 50.7 Å². The number of rotatable bonds is 7. The quantitative estimate of drug-likeness (QED) is 0.360. The lowest BCUT2D eigenvalue weighted by atomic mass is 10.0. The molecule has 0 aliphatic carbocycles. The second-order valence-electron chi connectivity index (χ2n) is 6.85. The predicted molar refractivity (Wildman–Crippen MR) is 127 cm³/mol. The highest BCUT2D eigenvalue weighted by molar-refractivity contribution is 9.10. The fourth-order valence-corrected chi connectivity index (χ4v) is 4.64. The Morgan fingerprint density at radius 3 is 2.10 bits per heavy atom. The highest BCUT2D eigenvalue weighted by Gasteiger charge is 2.33. The number of carbonyl (C=O) groups excluding carboxylic acids is 1. The summed E-state index contributed by atoms with van der Waals surface area (Å²) in [6.45, 7) is 0.0529. The Kier molecular flexibility index (Phi) is 8.00. The van der Waals surface area contributed by atoms with E-state index < -0.39 is 17.9 Å². The van der Waals surface area contributed by atoms with Gasteiger partial charge in [-0.1, -0.05) is 93.2 Å². The number of carboxylic acid groups (broad SMARTS) is 1. The van der Waals surface area contributed by atoms with E-state index >= 15 is 0 Å². The molecule has 0 saturated heterocycles. The van der Waals surface area contributed by atoms with Crippen molar-refractivity contribution >= 4 is 62.6 Å². The van der Waals surface area contributed by atoms with Gasteiger partial charge in [0.05, 0.1) is 15.6 Å². The molecule has 0 aliphatic rings. The van der Waals surface area contributed by atoms with E-state index in [0.29, 0.717) is 0 Å². The fourth-order valence-electron chi connectivity index (χ4n) is 3.21. The molecular formula is C23H17BrCl3NO3. The zero-order chi connectivity index (χ0) is 22.5. The van der Waals surface area contributed by atoms with E-state index in [1.807, 2.05) is 54.6 Å². The summed E-state index contributed by atoms with van der Waals surface area (Å²) in [7, 11) is 0. The van der Waals surface area contributed by atoms with Gasteiger partial charge in [-0.25, -0.2) is 4.79 Å². The Balaban J connectivity index is 2.06. The minimum Gasteiger partial charge on any atom is -0.480 e. The molecule has 8 heteroatoms. The van der Waals surface area contributed by atoms with Gasteiger partial charge in [0.2, 0.25) is 0 Å². The minimum absolute atomic E-state index is 0.0158. The Bertz CT molecular complexity index is 1090. The smallest absolute Gasteiger partial charge is 0.326 e. The molecule has 0 radical (unpaired) electrons. The minimum atomic E-state index is -1.14. The average molecular weight is 542 g/mol. The van der Waals surface area contributed by atoms with E-state index in [1.54, 1.807) is 0 Å². The Morgan fingerprint density at radius 1 is 0.903 bits per heavy atom. The molecule has 0 spiro atoms. The van der Waals surface area contributed by atoms with Crippen LogP contribution in [0.2, 0.25) is 15.1 Å². The number of amides is 1. The van der Waals surface area contributed by atoms with Crippen LogP contribution in [-0.4, -0.2) is 27.9 Å². The molecular weight excluding hydrogens is 525 g/mol. The van der Waals surface area contributed by atoms with Crippen LogP contribution in [0.3, 0.4) is 0 Å². The molecule has 1 atom stereocenters. The number of hydrogen-bond donors (Lipinski definition) is 1. The van der Waals surface area contributed by atoms with Gasteiger partial charge >= 0.3 is 5.97 Å². The highest BCUT2D eigenvalue weighted by Crippen LogP contribution is 2.31.